The van der Waals surface area contributed by atoms with Crippen molar-refractivity contribution in [3.05, 3.63) is 35.5 Å². The third-order valence-corrected chi connectivity index (χ3v) is 5.30. The summed E-state index contributed by atoms with van der Waals surface area (Å²) in [6.45, 7) is 6.82. The van der Waals surface area contributed by atoms with Crippen molar-refractivity contribution in [2.45, 2.75) is 45.3 Å². The van der Waals surface area contributed by atoms with Gasteiger partial charge in [0, 0.05) is 23.7 Å². The van der Waals surface area contributed by atoms with Crippen LogP contribution in [0.1, 0.15) is 39.7 Å². The fraction of sp³-hybridized carbons (Fsp3) is 0.429. The Labute approximate surface area is 180 Å². The molecule has 0 saturated carbocycles. The van der Waals surface area contributed by atoms with Gasteiger partial charge in [-0.05, 0) is 57.9 Å². The minimum Gasteiger partial charge on any atom is -0.444 e. The highest BCUT2D eigenvalue weighted by Gasteiger charge is 2.29. The number of nitrogens with two attached hydrogens (primary N) is 1. The summed E-state index contributed by atoms with van der Waals surface area (Å²) in [6, 6.07) is 7.44. The van der Waals surface area contributed by atoms with Crippen LogP contribution in [0.15, 0.2) is 30.5 Å². The van der Waals surface area contributed by atoms with Gasteiger partial charge < -0.3 is 15.4 Å². The van der Waals surface area contributed by atoms with E-state index in [1.54, 1.807) is 23.2 Å². The maximum Gasteiger partial charge on any atom is 0.410 e. The first-order valence-corrected chi connectivity index (χ1v) is 10.3. The van der Waals surface area contributed by atoms with Crippen LogP contribution >= 0.6 is 11.6 Å². The van der Waals surface area contributed by atoms with E-state index < -0.39 is 5.60 Å². The van der Waals surface area contributed by atoms with Crippen LogP contribution in [-0.2, 0) is 4.74 Å². The SMILES string of the molecule is CC(C)(C)OC(=O)N1CCC(n2ncc3c(N)nc(-c4ccc(Cl)cc4)nc32)CC1. The molecule has 0 radical (unpaired) electrons. The summed E-state index contributed by atoms with van der Waals surface area (Å²) in [7, 11) is 0. The van der Waals surface area contributed by atoms with Crippen molar-refractivity contribution in [3.63, 3.8) is 0 Å². The number of amides is 1. The summed E-state index contributed by atoms with van der Waals surface area (Å²) in [4.78, 5) is 23.2. The second kappa shape index (κ2) is 7.75. The van der Waals surface area contributed by atoms with Crippen LogP contribution in [-0.4, -0.2) is 49.4 Å². The fourth-order valence-electron chi connectivity index (χ4n) is 3.56. The number of hydrogen-bond acceptors (Lipinski definition) is 6. The molecule has 0 spiro atoms. The maximum absolute atomic E-state index is 12.3. The number of hydrogen-bond donors (Lipinski definition) is 1. The fourth-order valence-corrected chi connectivity index (χ4v) is 3.69. The number of piperidine rings is 1. The number of anilines is 1. The van der Waals surface area contributed by atoms with Gasteiger partial charge in [-0.25, -0.2) is 19.4 Å². The number of nitrogen functional groups attached to an aromatic ring is 1. The van der Waals surface area contributed by atoms with Crippen LogP contribution in [0.2, 0.25) is 5.02 Å². The summed E-state index contributed by atoms with van der Waals surface area (Å²) in [5, 5.41) is 5.91. The Balaban J connectivity index is 1.57. The molecule has 4 rings (SSSR count). The Morgan fingerprint density at radius 1 is 1.17 bits per heavy atom. The van der Waals surface area contributed by atoms with E-state index in [-0.39, 0.29) is 12.1 Å². The number of benzene rings is 1. The summed E-state index contributed by atoms with van der Waals surface area (Å²) < 4.78 is 7.38. The van der Waals surface area contributed by atoms with Crippen molar-refractivity contribution in [2.24, 2.45) is 0 Å². The van der Waals surface area contributed by atoms with E-state index in [1.807, 2.05) is 37.6 Å². The number of carbonyl (C=O) groups excluding carboxylic acids is 1. The molecule has 0 unspecified atom stereocenters. The maximum atomic E-state index is 12.3. The van der Waals surface area contributed by atoms with Gasteiger partial charge in [0.1, 0.15) is 11.4 Å². The standard InChI is InChI=1S/C21H25ClN6O2/c1-21(2,3)30-20(29)27-10-8-15(9-11-27)28-19-16(12-24-28)17(23)25-18(26-19)13-4-6-14(22)7-5-13/h4-7,12,15H,8-11H2,1-3H3,(H2,23,25,26). The molecule has 158 valence electrons. The van der Waals surface area contributed by atoms with Gasteiger partial charge in [-0.15, -0.1) is 0 Å². The minimum absolute atomic E-state index is 0.119. The molecular formula is C21H25ClN6O2. The monoisotopic (exact) mass is 428 g/mol. The lowest BCUT2D eigenvalue weighted by Gasteiger charge is -2.33. The number of carbonyl (C=O) groups is 1. The smallest absolute Gasteiger partial charge is 0.410 e. The van der Waals surface area contributed by atoms with Gasteiger partial charge in [-0.2, -0.15) is 5.10 Å². The average molecular weight is 429 g/mol. The molecule has 0 atom stereocenters. The highest BCUT2D eigenvalue weighted by Crippen LogP contribution is 2.29. The lowest BCUT2D eigenvalue weighted by molar-refractivity contribution is 0.0186. The number of likely N-dealkylation sites (tertiary alicyclic amines) is 1. The number of nitrogens with zero attached hydrogens (tertiary/aromatic N) is 5. The molecule has 0 aliphatic carbocycles. The quantitative estimate of drug-likeness (QED) is 0.653. The number of aromatic nitrogens is 4. The molecule has 2 N–H and O–H groups in total. The predicted octanol–water partition coefficient (Wildman–Crippen LogP) is 4.30. The molecular weight excluding hydrogens is 404 g/mol. The van der Waals surface area contributed by atoms with Crippen LogP contribution in [0.3, 0.4) is 0 Å². The zero-order chi connectivity index (χ0) is 21.5. The molecule has 1 aromatic carbocycles. The van der Waals surface area contributed by atoms with Gasteiger partial charge in [-0.1, -0.05) is 11.6 Å². The molecule has 3 heterocycles. The summed E-state index contributed by atoms with van der Waals surface area (Å²) >= 11 is 5.99. The van der Waals surface area contributed by atoms with E-state index in [4.69, 9.17) is 27.1 Å². The molecule has 1 aliphatic rings. The molecule has 1 fully saturated rings. The van der Waals surface area contributed by atoms with E-state index in [1.165, 1.54) is 0 Å². The van der Waals surface area contributed by atoms with Crippen molar-refractivity contribution in [1.29, 1.82) is 0 Å². The lowest BCUT2D eigenvalue weighted by atomic mass is 10.1. The highest BCUT2D eigenvalue weighted by molar-refractivity contribution is 6.30. The van der Waals surface area contributed by atoms with Gasteiger partial charge in [0.2, 0.25) is 0 Å². The third-order valence-electron chi connectivity index (χ3n) is 5.05. The Morgan fingerprint density at radius 3 is 2.47 bits per heavy atom. The summed E-state index contributed by atoms with van der Waals surface area (Å²) in [5.41, 5.74) is 7.22. The molecule has 2 aromatic heterocycles. The molecule has 0 bridgehead atoms. The van der Waals surface area contributed by atoms with Crippen molar-refractivity contribution in [1.82, 2.24) is 24.6 Å². The van der Waals surface area contributed by atoms with E-state index in [2.05, 4.69) is 10.1 Å². The van der Waals surface area contributed by atoms with Crippen LogP contribution < -0.4 is 5.73 Å². The Kier molecular flexibility index (Phi) is 5.27. The first kappa shape index (κ1) is 20.4. The lowest BCUT2D eigenvalue weighted by Crippen LogP contribution is -2.42. The molecule has 1 saturated heterocycles. The number of rotatable bonds is 2. The van der Waals surface area contributed by atoms with Gasteiger partial charge in [0.05, 0.1) is 17.6 Å². The molecule has 1 aliphatic heterocycles. The zero-order valence-electron chi connectivity index (χ0n) is 17.3. The topological polar surface area (TPSA) is 99.2 Å². The van der Waals surface area contributed by atoms with Crippen molar-refractivity contribution >= 4 is 34.5 Å². The summed E-state index contributed by atoms with van der Waals surface area (Å²) in [5.74, 6) is 0.923. The van der Waals surface area contributed by atoms with Gasteiger partial charge in [-0.3, -0.25) is 0 Å². The molecule has 3 aromatic rings. The van der Waals surface area contributed by atoms with Crippen LogP contribution in [0.5, 0.6) is 0 Å². The van der Waals surface area contributed by atoms with Crippen molar-refractivity contribution in [2.75, 3.05) is 18.8 Å². The van der Waals surface area contributed by atoms with Crippen molar-refractivity contribution in [3.8, 4) is 11.4 Å². The Bertz CT molecular complexity index is 1070. The normalized spacial score (nSPS) is 15.5. The third kappa shape index (κ3) is 4.18. The van der Waals surface area contributed by atoms with E-state index in [0.717, 1.165) is 23.8 Å². The number of halogens is 1. The van der Waals surface area contributed by atoms with E-state index >= 15 is 0 Å². The number of fused-ring (bicyclic) bond motifs is 1. The molecule has 8 nitrogen and oxygen atoms in total. The predicted molar refractivity (Wildman–Crippen MR) is 116 cm³/mol. The van der Waals surface area contributed by atoms with Gasteiger partial charge in [0.25, 0.3) is 0 Å². The van der Waals surface area contributed by atoms with Crippen LogP contribution in [0.25, 0.3) is 22.4 Å². The zero-order valence-corrected chi connectivity index (χ0v) is 18.1. The largest absolute Gasteiger partial charge is 0.444 e. The van der Waals surface area contributed by atoms with E-state index in [0.29, 0.717) is 35.4 Å². The van der Waals surface area contributed by atoms with Crippen LogP contribution in [0, 0.1) is 0 Å². The molecule has 1 amide bonds. The second-order valence-corrected chi connectivity index (χ2v) is 8.90. The van der Waals surface area contributed by atoms with E-state index in [9.17, 15) is 4.79 Å². The average Bonchev–Trinajstić information content (AvgIpc) is 3.12. The molecule has 30 heavy (non-hydrogen) atoms. The van der Waals surface area contributed by atoms with Crippen LogP contribution in [0.4, 0.5) is 10.6 Å². The Morgan fingerprint density at radius 2 is 1.83 bits per heavy atom. The van der Waals surface area contributed by atoms with Gasteiger partial charge >= 0.3 is 6.09 Å². The summed E-state index contributed by atoms with van der Waals surface area (Å²) in [6.07, 6.45) is 2.95. The second-order valence-electron chi connectivity index (χ2n) is 8.46. The molecule has 9 heteroatoms. The van der Waals surface area contributed by atoms with Crippen molar-refractivity contribution < 1.29 is 9.53 Å². The van der Waals surface area contributed by atoms with Gasteiger partial charge in [0.15, 0.2) is 11.5 Å². The first-order chi connectivity index (χ1) is 14.2. The number of ether oxygens (including phenoxy) is 1. The minimum atomic E-state index is -0.501. The highest BCUT2D eigenvalue weighted by atomic mass is 35.5. The Hall–Kier alpha value is -2.87. The first-order valence-electron chi connectivity index (χ1n) is 9.96.